The molecular weight excluding hydrogens is 231 g/mol. The number of nitrogens with one attached hydrogen (secondary N) is 1. The summed E-state index contributed by atoms with van der Waals surface area (Å²) in [5, 5.41) is 5.96. The molecule has 92 valence electrons. The van der Waals surface area contributed by atoms with Crippen molar-refractivity contribution >= 4 is 17.1 Å². The largest absolute Gasteiger partial charge is 0.353 e. The second-order valence-electron chi connectivity index (χ2n) is 4.14. The van der Waals surface area contributed by atoms with Crippen molar-refractivity contribution in [2.75, 3.05) is 5.32 Å². The molecule has 0 amide bonds. The van der Waals surface area contributed by atoms with E-state index in [0.29, 0.717) is 5.69 Å². The molecule has 0 saturated heterocycles. The molecule has 0 saturated carbocycles. The van der Waals surface area contributed by atoms with Crippen LogP contribution in [0.1, 0.15) is 11.1 Å². The third-order valence-electron chi connectivity index (χ3n) is 2.80. The van der Waals surface area contributed by atoms with E-state index in [0.717, 1.165) is 16.8 Å². The summed E-state index contributed by atoms with van der Waals surface area (Å²) in [6.45, 7) is 3.89. The molecule has 18 heavy (non-hydrogen) atoms. The lowest BCUT2D eigenvalue weighted by Crippen LogP contribution is -1.96. The number of rotatable bonds is 3. The Bertz CT molecular complexity index is 576. The molecule has 2 rings (SSSR count). The molecule has 3 nitrogen and oxygen atoms in total. The van der Waals surface area contributed by atoms with Gasteiger partial charge in [-0.1, -0.05) is 18.2 Å². The molecule has 0 fully saturated rings. The first-order valence-electron chi connectivity index (χ1n) is 5.58. The van der Waals surface area contributed by atoms with Crippen LogP contribution in [0.3, 0.4) is 0 Å². The van der Waals surface area contributed by atoms with E-state index in [1.807, 2.05) is 32.0 Å². The standard InChI is InChI=1S/C14H13FN2O/c1-9-4-3-5-10(2)14(9)16-13-8-11(15)6-7-12(13)17-18/h3-8,16H,1-2H3. The Morgan fingerprint density at radius 1 is 1.11 bits per heavy atom. The normalized spacial score (nSPS) is 10.2. The summed E-state index contributed by atoms with van der Waals surface area (Å²) in [5.41, 5.74) is 3.49. The molecule has 0 aliphatic heterocycles. The minimum atomic E-state index is -0.406. The third kappa shape index (κ3) is 2.37. The summed E-state index contributed by atoms with van der Waals surface area (Å²) in [4.78, 5) is 10.7. The number of hydrogen-bond donors (Lipinski definition) is 1. The van der Waals surface area contributed by atoms with Crippen LogP contribution in [0, 0.1) is 24.6 Å². The van der Waals surface area contributed by atoms with Crippen molar-refractivity contribution in [2.24, 2.45) is 5.18 Å². The quantitative estimate of drug-likeness (QED) is 0.802. The summed E-state index contributed by atoms with van der Waals surface area (Å²) in [6.07, 6.45) is 0. The number of anilines is 2. The zero-order valence-electron chi connectivity index (χ0n) is 10.2. The molecule has 0 aliphatic rings. The van der Waals surface area contributed by atoms with Crippen molar-refractivity contribution in [2.45, 2.75) is 13.8 Å². The average molecular weight is 244 g/mol. The first kappa shape index (κ1) is 12.2. The first-order valence-corrected chi connectivity index (χ1v) is 5.58. The van der Waals surface area contributed by atoms with E-state index in [9.17, 15) is 9.30 Å². The molecule has 0 radical (unpaired) electrons. The van der Waals surface area contributed by atoms with Crippen molar-refractivity contribution in [3.8, 4) is 0 Å². The predicted octanol–water partition coefficient (Wildman–Crippen LogP) is 4.58. The molecule has 0 bridgehead atoms. The third-order valence-corrected chi connectivity index (χ3v) is 2.80. The van der Waals surface area contributed by atoms with Crippen LogP contribution in [-0.4, -0.2) is 0 Å². The second-order valence-corrected chi connectivity index (χ2v) is 4.14. The number of nitrogens with zero attached hydrogens (tertiary/aromatic N) is 1. The van der Waals surface area contributed by atoms with E-state index in [1.54, 1.807) is 0 Å². The van der Waals surface area contributed by atoms with Gasteiger partial charge in [0.05, 0.1) is 5.69 Å². The smallest absolute Gasteiger partial charge is 0.131 e. The van der Waals surface area contributed by atoms with Gasteiger partial charge in [-0.15, -0.1) is 4.91 Å². The average Bonchev–Trinajstić information content (AvgIpc) is 2.34. The Labute approximate surface area is 105 Å². The van der Waals surface area contributed by atoms with Gasteiger partial charge in [0.15, 0.2) is 0 Å². The molecule has 2 aromatic rings. The van der Waals surface area contributed by atoms with E-state index >= 15 is 0 Å². The van der Waals surface area contributed by atoms with Gasteiger partial charge in [-0.3, -0.25) is 0 Å². The van der Waals surface area contributed by atoms with Gasteiger partial charge in [-0.25, -0.2) is 4.39 Å². The predicted molar refractivity (Wildman–Crippen MR) is 71.1 cm³/mol. The molecular formula is C14H13FN2O. The van der Waals surface area contributed by atoms with Gasteiger partial charge in [-0.05, 0) is 48.4 Å². The second kappa shape index (κ2) is 4.96. The minimum Gasteiger partial charge on any atom is -0.353 e. The molecule has 0 aromatic heterocycles. The Balaban J connectivity index is 2.45. The Kier molecular flexibility index (Phi) is 3.37. The maximum absolute atomic E-state index is 13.2. The minimum absolute atomic E-state index is 0.194. The first-order chi connectivity index (χ1) is 8.61. The number of benzene rings is 2. The number of hydrogen-bond acceptors (Lipinski definition) is 3. The van der Waals surface area contributed by atoms with Crippen LogP contribution in [0.25, 0.3) is 0 Å². The van der Waals surface area contributed by atoms with Gasteiger partial charge in [-0.2, -0.15) is 0 Å². The van der Waals surface area contributed by atoms with Crippen LogP contribution in [0.2, 0.25) is 0 Å². The molecule has 2 aromatic carbocycles. The van der Waals surface area contributed by atoms with Gasteiger partial charge in [0.2, 0.25) is 0 Å². The molecule has 4 heteroatoms. The summed E-state index contributed by atoms with van der Waals surface area (Å²) in [6, 6.07) is 9.68. The maximum Gasteiger partial charge on any atom is 0.131 e. The van der Waals surface area contributed by atoms with Crippen LogP contribution in [0.5, 0.6) is 0 Å². The zero-order chi connectivity index (χ0) is 13.1. The van der Waals surface area contributed by atoms with Crippen molar-refractivity contribution in [1.82, 2.24) is 0 Å². The van der Waals surface area contributed by atoms with Crippen molar-refractivity contribution in [3.05, 3.63) is 58.2 Å². The van der Waals surface area contributed by atoms with E-state index in [2.05, 4.69) is 10.5 Å². The zero-order valence-corrected chi connectivity index (χ0v) is 10.2. The number of para-hydroxylation sites is 1. The fourth-order valence-electron chi connectivity index (χ4n) is 1.83. The summed E-state index contributed by atoms with van der Waals surface area (Å²) in [7, 11) is 0. The van der Waals surface area contributed by atoms with Crippen LogP contribution >= 0.6 is 0 Å². The van der Waals surface area contributed by atoms with Gasteiger partial charge >= 0.3 is 0 Å². The van der Waals surface area contributed by atoms with E-state index < -0.39 is 5.82 Å². The van der Waals surface area contributed by atoms with Crippen LogP contribution in [0.15, 0.2) is 41.6 Å². The Hall–Kier alpha value is -2.23. The number of nitroso groups, excluding NO2 is 1. The molecule has 0 unspecified atom stereocenters. The molecule has 0 aliphatic carbocycles. The molecule has 0 atom stereocenters. The lowest BCUT2D eigenvalue weighted by atomic mass is 10.1. The summed E-state index contributed by atoms with van der Waals surface area (Å²) < 4.78 is 13.2. The highest BCUT2D eigenvalue weighted by Crippen LogP contribution is 2.31. The van der Waals surface area contributed by atoms with Crippen LogP contribution in [-0.2, 0) is 0 Å². The molecule has 0 spiro atoms. The lowest BCUT2D eigenvalue weighted by molar-refractivity contribution is 0.628. The van der Waals surface area contributed by atoms with Crippen molar-refractivity contribution in [3.63, 3.8) is 0 Å². The number of halogens is 1. The monoisotopic (exact) mass is 244 g/mol. The van der Waals surface area contributed by atoms with E-state index in [-0.39, 0.29) is 5.69 Å². The van der Waals surface area contributed by atoms with Crippen LogP contribution in [0.4, 0.5) is 21.5 Å². The lowest BCUT2D eigenvalue weighted by Gasteiger charge is -2.13. The highest BCUT2D eigenvalue weighted by atomic mass is 19.1. The van der Waals surface area contributed by atoms with E-state index in [1.165, 1.54) is 18.2 Å². The molecule has 1 N–H and O–H groups in total. The topological polar surface area (TPSA) is 41.5 Å². The van der Waals surface area contributed by atoms with Crippen LogP contribution < -0.4 is 5.32 Å². The maximum atomic E-state index is 13.2. The SMILES string of the molecule is Cc1cccc(C)c1Nc1cc(F)ccc1N=O. The fraction of sp³-hybridized carbons (Fsp3) is 0.143. The highest BCUT2D eigenvalue weighted by Gasteiger charge is 2.08. The summed E-state index contributed by atoms with van der Waals surface area (Å²) in [5.74, 6) is -0.406. The Morgan fingerprint density at radius 3 is 2.39 bits per heavy atom. The van der Waals surface area contributed by atoms with Gasteiger partial charge < -0.3 is 5.32 Å². The van der Waals surface area contributed by atoms with Crippen molar-refractivity contribution < 1.29 is 4.39 Å². The Morgan fingerprint density at radius 2 is 1.78 bits per heavy atom. The van der Waals surface area contributed by atoms with Gasteiger partial charge in [0.25, 0.3) is 0 Å². The summed E-state index contributed by atoms with van der Waals surface area (Å²) >= 11 is 0. The fourth-order valence-corrected chi connectivity index (χ4v) is 1.83. The van der Waals surface area contributed by atoms with E-state index in [4.69, 9.17) is 0 Å². The number of aryl methyl sites for hydroxylation is 2. The van der Waals surface area contributed by atoms with Crippen molar-refractivity contribution in [1.29, 1.82) is 0 Å². The molecule has 0 heterocycles. The van der Waals surface area contributed by atoms with Gasteiger partial charge in [0.1, 0.15) is 11.5 Å². The highest BCUT2D eigenvalue weighted by molar-refractivity contribution is 5.74. The van der Waals surface area contributed by atoms with Gasteiger partial charge in [0, 0.05) is 5.69 Å².